The average Bonchev–Trinajstić information content (AvgIpc) is 3.00. The molecule has 0 unspecified atom stereocenters. The third-order valence-corrected chi connectivity index (χ3v) is 3.88. The van der Waals surface area contributed by atoms with Crippen LogP contribution in [0.3, 0.4) is 0 Å². The first-order valence-electron chi connectivity index (χ1n) is 7.84. The number of amides is 2. The zero-order valence-corrected chi connectivity index (χ0v) is 13.8. The first-order chi connectivity index (χ1) is 11.6. The van der Waals surface area contributed by atoms with E-state index in [0.717, 1.165) is 28.2 Å². The highest BCUT2D eigenvalue weighted by atomic mass is 16.2. The summed E-state index contributed by atoms with van der Waals surface area (Å²) in [5.74, 6) is 0. The quantitative estimate of drug-likeness (QED) is 0.768. The Balaban J connectivity index is 1.65. The first kappa shape index (κ1) is 15.8. The Morgan fingerprint density at radius 3 is 2.67 bits per heavy atom. The molecule has 0 saturated heterocycles. The zero-order valence-electron chi connectivity index (χ0n) is 13.8. The minimum atomic E-state index is -0.229. The molecule has 0 aliphatic carbocycles. The Labute approximate surface area is 141 Å². The molecule has 1 heterocycles. The lowest BCUT2D eigenvalue weighted by Crippen LogP contribution is -2.28. The number of anilines is 1. The molecule has 5 heteroatoms. The van der Waals surface area contributed by atoms with Crippen molar-refractivity contribution in [3.05, 3.63) is 77.6 Å². The zero-order chi connectivity index (χ0) is 16.9. The maximum Gasteiger partial charge on any atom is 0.319 e. The number of aryl methyl sites for hydroxylation is 2. The lowest BCUT2D eigenvalue weighted by Gasteiger charge is -2.11. The van der Waals surface area contributed by atoms with Gasteiger partial charge in [-0.3, -0.25) is 0 Å². The molecular weight excluding hydrogens is 300 g/mol. The molecule has 3 aromatic rings. The van der Waals surface area contributed by atoms with Gasteiger partial charge in [0.25, 0.3) is 0 Å². The second-order valence-corrected chi connectivity index (χ2v) is 5.67. The van der Waals surface area contributed by atoms with Crippen molar-refractivity contribution in [3.8, 4) is 5.69 Å². The molecule has 1 aromatic heterocycles. The van der Waals surface area contributed by atoms with E-state index in [0.29, 0.717) is 6.54 Å². The predicted molar refractivity (Wildman–Crippen MR) is 95.3 cm³/mol. The summed E-state index contributed by atoms with van der Waals surface area (Å²) in [4.78, 5) is 12.1. The smallest absolute Gasteiger partial charge is 0.319 e. The second-order valence-electron chi connectivity index (χ2n) is 5.67. The number of benzene rings is 2. The minimum absolute atomic E-state index is 0.229. The van der Waals surface area contributed by atoms with Gasteiger partial charge in [-0.25, -0.2) is 9.48 Å². The SMILES string of the molecule is Cc1ccccc1CNC(=O)Nc1cccc(-n2nccc2C)c1. The van der Waals surface area contributed by atoms with Crippen LogP contribution in [0.1, 0.15) is 16.8 Å². The summed E-state index contributed by atoms with van der Waals surface area (Å²) >= 11 is 0. The van der Waals surface area contributed by atoms with E-state index in [2.05, 4.69) is 15.7 Å². The Kier molecular flexibility index (Phi) is 4.61. The van der Waals surface area contributed by atoms with Crippen LogP contribution < -0.4 is 10.6 Å². The van der Waals surface area contributed by atoms with Crippen molar-refractivity contribution in [1.82, 2.24) is 15.1 Å². The van der Waals surface area contributed by atoms with Crippen molar-refractivity contribution in [2.75, 3.05) is 5.32 Å². The summed E-state index contributed by atoms with van der Waals surface area (Å²) in [6.45, 7) is 4.52. The van der Waals surface area contributed by atoms with E-state index in [9.17, 15) is 4.79 Å². The summed E-state index contributed by atoms with van der Waals surface area (Å²) in [7, 11) is 0. The molecule has 0 fully saturated rings. The van der Waals surface area contributed by atoms with E-state index in [1.165, 1.54) is 0 Å². The van der Waals surface area contributed by atoms with Crippen molar-refractivity contribution in [2.24, 2.45) is 0 Å². The van der Waals surface area contributed by atoms with Gasteiger partial charge >= 0.3 is 6.03 Å². The molecule has 2 aromatic carbocycles. The van der Waals surface area contributed by atoms with Crippen LogP contribution in [0.2, 0.25) is 0 Å². The van der Waals surface area contributed by atoms with Crippen molar-refractivity contribution in [2.45, 2.75) is 20.4 Å². The van der Waals surface area contributed by atoms with Gasteiger partial charge in [0.1, 0.15) is 0 Å². The van der Waals surface area contributed by atoms with E-state index in [-0.39, 0.29) is 6.03 Å². The number of nitrogens with one attached hydrogen (secondary N) is 2. The van der Waals surface area contributed by atoms with Crippen LogP contribution >= 0.6 is 0 Å². The van der Waals surface area contributed by atoms with Crippen LogP contribution in [0.4, 0.5) is 10.5 Å². The van der Waals surface area contributed by atoms with Gasteiger partial charge in [-0.15, -0.1) is 0 Å². The third kappa shape index (κ3) is 3.63. The molecule has 2 amide bonds. The maximum absolute atomic E-state index is 12.1. The summed E-state index contributed by atoms with van der Waals surface area (Å²) in [5.41, 5.74) is 4.94. The van der Waals surface area contributed by atoms with E-state index < -0.39 is 0 Å². The molecule has 24 heavy (non-hydrogen) atoms. The Morgan fingerprint density at radius 1 is 1.08 bits per heavy atom. The molecule has 122 valence electrons. The summed E-state index contributed by atoms with van der Waals surface area (Å²) in [6.07, 6.45) is 1.75. The Morgan fingerprint density at radius 2 is 1.92 bits per heavy atom. The number of hydrogen-bond donors (Lipinski definition) is 2. The monoisotopic (exact) mass is 320 g/mol. The van der Waals surface area contributed by atoms with Crippen molar-refractivity contribution in [3.63, 3.8) is 0 Å². The van der Waals surface area contributed by atoms with Crippen LogP contribution in [-0.4, -0.2) is 15.8 Å². The maximum atomic E-state index is 12.1. The summed E-state index contributed by atoms with van der Waals surface area (Å²) in [5, 5.41) is 10.0. The van der Waals surface area contributed by atoms with Crippen LogP contribution in [0.15, 0.2) is 60.8 Å². The Bertz CT molecular complexity index is 854. The molecule has 0 aliphatic heterocycles. The molecule has 0 bridgehead atoms. The lowest BCUT2D eigenvalue weighted by molar-refractivity contribution is 0.251. The normalized spacial score (nSPS) is 10.4. The first-order valence-corrected chi connectivity index (χ1v) is 7.84. The number of nitrogens with zero attached hydrogens (tertiary/aromatic N) is 2. The summed E-state index contributed by atoms with van der Waals surface area (Å²) in [6, 6.07) is 17.3. The van der Waals surface area contributed by atoms with E-state index in [1.54, 1.807) is 6.20 Å². The fourth-order valence-corrected chi connectivity index (χ4v) is 2.51. The van der Waals surface area contributed by atoms with Gasteiger partial charge in [0.2, 0.25) is 0 Å². The predicted octanol–water partition coefficient (Wildman–Crippen LogP) is 3.81. The van der Waals surface area contributed by atoms with Gasteiger partial charge in [-0.2, -0.15) is 5.10 Å². The molecule has 0 atom stereocenters. The molecule has 3 rings (SSSR count). The van der Waals surface area contributed by atoms with Gasteiger partial charge in [-0.05, 0) is 49.2 Å². The van der Waals surface area contributed by atoms with Crippen molar-refractivity contribution in [1.29, 1.82) is 0 Å². The van der Waals surface area contributed by atoms with Crippen molar-refractivity contribution < 1.29 is 4.79 Å². The molecular formula is C19H20N4O. The highest BCUT2D eigenvalue weighted by Gasteiger charge is 2.06. The van der Waals surface area contributed by atoms with Gasteiger partial charge in [0, 0.05) is 24.1 Å². The fourth-order valence-electron chi connectivity index (χ4n) is 2.51. The van der Waals surface area contributed by atoms with Crippen LogP contribution in [0.25, 0.3) is 5.69 Å². The molecule has 0 aliphatic rings. The third-order valence-electron chi connectivity index (χ3n) is 3.88. The van der Waals surface area contributed by atoms with Gasteiger partial charge in [0.05, 0.1) is 5.69 Å². The average molecular weight is 320 g/mol. The summed E-state index contributed by atoms with van der Waals surface area (Å²) < 4.78 is 1.83. The lowest BCUT2D eigenvalue weighted by atomic mass is 10.1. The van der Waals surface area contributed by atoms with Crippen molar-refractivity contribution >= 4 is 11.7 Å². The Hall–Kier alpha value is -3.08. The van der Waals surface area contributed by atoms with E-state index in [4.69, 9.17) is 0 Å². The number of hydrogen-bond acceptors (Lipinski definition) is 2. The molecule has 5 nitrogen and oxygen atoms in total. The highest BCUT2D eigenvalue weighted by molar-refractivity contribution is 5.89. The molecule has 0 radical (unpaired) electrons. The largest absolute Gasteiger partial charge is 0.334 e. The van der Waals surface area contributed by atoms with Crippen LogP contribution in [-0.2, 0) is 6.54 Å². The molecule has 2 N–H and O–H groups in total. The number of carbonyl (C=O) groups excluding carboxylic acids is 1. The topological polar surface area (TPSA) is 59.0 Å². The van der Waals surface area contributed by atoms with Gasteiger partial charge < -0.3 is 10.6 Å². The second kappa shape index (κ2) is 7.00. The highest BCUT2D eigenvalue weighted by Crippen LogP contribution is 2.15. The fraction of sp³-hybridized carbons (Fsp3) is 0.158. The van der Waals surface area contributed by atoms with Crippen LogP contribution in [0, 0.1) is 13.8 Å². The number of aromatic nitrogens is 2. The standard InChI is InChI=1S/C19H20N4O/c1-14-6-3-4-7-16(14)13-20-19(24)22-17-8-5-9-18(12-17)23-15(2)10-11-21-23/h3-12H,13H2,1-2H3,(H2,20,22,24). The minimum Gasteiger partial charge on any atom is -0.334 e. The van der Waals surface area contributed by atoms with Crippen LogP contribution in [0.5, 0.6) is 0 Å². The number of rotatable bonds is 4. The number of carbonyl (C=O) groups is 1. The van der Waals surface area contributed by atoms with E-state index >= 15 is 0 Å². The van der Waals surface area contributed by atoms with E-state index in [1.807, 2.05) is 73.1 Å². The number of urea groups is 1. The van der Waals surface area contributed by atoms with Gasteiger partial charge in [0.15, 0.2) is 0 Å². The molecule has 0 saturated carbocycles. The molecule has 0 spiro atoms. The van der Waals surface area contributed by atoms with Gasteiger partial charge in [-0.1, -0.05) is 30.3 Å².